The molecule has 1 N–H and O–H groups in total. The van der Waals surface area contributed by atoms with Gasteiger partial charge in [0.05, 0.1) is 0 Å². The monoisotopic (exact) mass is 351 g/mol. The quantitative estimate of drug-likeness (QED) is 0.836. The first-order valence-electron chi connectivity index (χ1n) is 7.04. The molecule has 2 aromatic rings. The van der Waals surface area contributed by atoms with Crippen molar-refractivity contribution in [3.63, 3.8) is 0 Å². The second kappa shape index (κ2) is 6.24. The lowest BCUT2D eigenvalue weighted by Crippen LogP contribution is -2.39. The summed E-state index contributed by atoms with van der Waals surface area (Å²) < 4.78 is 27.0. The molecule has 0 atom stereocenters. The Hall–Kier alpha value is -1.26. The first-order chi connectivity index (χ1) is 10.1. The lowest BCUT2D eigenvalue weighted by atomic mass is 9.76. The number of hydrogen-bond acceptors (Lipinski definition) is 1. The molecule has 0 heterocycles. The largest absolute Gasteiger partial charge is 0.310 e. The molecular weight excluding hydrogens is 336 g/mol. The molecule has 3 rings (SSSR count). The number of hydrogen-bond donors (Lipinski definition) is 1. The molecule has 1 aliphatic rings. The second-order valence-corrected chi connectivity index (χ2v) is 6.39. The summed E-state index contributed by atoms with van der Waals surface area (Å²) >= 11 is 3.43. The summed E-state index contributed by atoms with van der Waals surface area (Å²) in [5.41, 5.74) is 2.13. The SMILES string of the molecule is Fc1ccc(C2CC(NCc3cc(F)ccc3Br)C2)cc1. The predicted octanol–water partition coefficient (Wildman–Crippen LogP) is 4.76. The Kier molecular flexibility index (Phi) is 4.36. The summed E-state index contributed by atoms with van der Waals surface area (Å²) in [7, 11) is 0. The zero-order valence-corrected chi connectivity index (χ0v) is 13.0. The third kappa shape index (κ3) is 3.50. The van der Waals surface area contributed by atoms with Gasteiger partial charge in [-0.05, 0) is 60.2 Å². The highest BCUT2D eigenvalue weighted by molar-refractivity contribution is 9.10. The molecule has 0 aromatic heterocycles. The Morgan fingerprint density at radius 2 is 1.67 bits per heavy atom. The van der Waals surface area contributed by atoms with Crippen LogP contribution < -0.4 is 5.32 Å². The molecule has 0 amide bonds. The van der Waals surface area contributed by atoms with E-state index in [4.69, 9.17) is 0 Å². The minimum atomic E-state index is -0.215. The first-order valence-corrected chi connectivity index (χ1v) is 7.84. The lowest BCUT2D eigenvalue weighted by Gasteiger charge is -2.36. The zero-order valence-electron chi connectivity index (χ0n) is 11.5. The Labute approximate surface area is 131 Å². The molecule has 1 saturated carbocycles. The van der Waals surface area contributed by atoms with Crippen LogP contribution in [0.1, 0.15) is 29.9 Å². The highest BCUT2D eigenvalue weighted by atomic mass is 79.9. The van der Waals surface area contributed by atoms with Crippen LogP contribution in [0, 0.1) is 11.6 Å². The smallest absolute Gasteiger partial charge is 0.123 e. The van der Waals surface area contributed by atoms with Crippen molar-refractivity contribution < 1.29 is 8.78 Å². The minimum absolute atomic E-state index is 0.191. The van der Waals surface area contributed by atoms with E-state index >= 15 is 0 Å². The van der Waals surface area contributed by atoms with Gasteiger partial charge in [-0.25, -0.2) is 8.78 Å². The van der Waals surface area contributed by atoms with Crippen LogP contribution in [-0.2, 0) is 6.54 Å². The van der Waals surface area contributed by atoms with Crippen molar-refractivity contribution in [1.82, 2.24) is 5.32 Å². The molecule has 2 aromatic carbocycles. The molecule has 1 aliphatic carbocycles. The van der Waals surface area contributed by atoms with Gasteiger partial charge >= 0.3 is 0 Å². The van der Waals surface area contributed by atoms with E-state index in [9.17, 15) is 8.78 Å². The Morgan fingerprint density at radius 1 is 1.00 bits per heavy atom. The predicted molar refractivity (Wildman–Crippen MR) is 83.1 cm³/mol. The molecule has 0 radical (unpaired) electrons. The van der Waals surface area contributed by atoms with E-state index in [2.05, 4.69) is 21.2 Å². The highest BCUT2D eigenvalue weighted by Gasteiger charge is 2.29. The normalized spacial score (nSPS) is 21.1. The van der Waals surface area contributed by atoms with Crippen molar-refractivity contribution >= 4 is 15.9 Å². The topological polar surface area (TPSA) is 12.0 Å². The first kappa shape index (κ1) is 14.7. The fourth-order valence-corrected chi connectivity index (χ4v) is 3.11. The van der Waals surface area contributed by atoms with E-state index < -0.39 is 0 Å². The third-order valence-electron chi connectivity index (χ3n) is 4.07. The van der Waals surface area contributed by atoms with Crippen molar-refractivity contribution in [3.05, 3.63) is 69.7 Å². The molecule has 0 aliphatic heterocycles. The Bertz CT molecular complexity index is 621. The highest BCUT2D eigenvalue weighted by Crippen LogP contribution is 2.37. The molecule has 0 saturated heterocycles. The Morgan fingerprint density at radius 3 is 2.38 bits per heavy atom. The van der Waals surface area contributed by atoms with Crippen LogP contribution in [0.4, 0.5) is 8.78 Å². The summed E-state index contributed by atoms with van der Waals surface area (Å²) in [5.74, 6) is 0.0931. The number of halogens is 3. The summed E-state index contributed by atoms with van der Waals surface area (Å²) in [5, 5.41) is 3.44. The van der Waals surface area contributed by atoms with Crippen molar-refractivity contribution in [2.75, 3.05) is 0 Å². The zero-order chi connectivity index (χ0) is 14.8. The molecule has 110 valence electrons. The van der Waals surface area contributed by atoms with E-state index in [0.717, 1.165) is 22.9 Å². The average molecular weight is 352 g/mol. The van der Waals surface area contributed by atoms with Gasteiger partial charge < -0.3 is 5.32 Å². The van der Waals surface area contributed by atoms with Gasteiger partial charge in [0.2, 0.25) is 0 Å². The molecule has 1 fully saturated rings. The fraction of sp³-hybridized carbons (Fsp3) is 0.294. The third-order valence-corrected chi connectivity index (χ3v) is 4.84. The van der Waals surface area contributed by atoms with Crippen LogP contribution in [0.2, 0.25) is 0 Å². The molecule has 0 unspecified atom stereocenters. The summed E-state index contributed by atoms with van der Waals surface area (Å²) in [4.78, 5) is 0. The number of rotatable bonds is 4. The molecular formula is C17H16BrF2N. The standard InChI is InChI=1S/C17H16BrF2N/c18-17-6-5-15(20)7-13(17)10-21-16-8-12(9-16)11-1-3-14(19)4-2-11/h1-7,12,16,21H,8-10H2. The summed E-state index contributed by atoms with van der Waals surface area (Å²) in [6.07, 6.45) is 2.08. The second-order valence-electron chi connectivity index (χ2n) is 5.53. The van der Waals surface area contributed by atoms with Gasteiger partial charge in [-0.1, -0.05) is 28.1 Å². The molecule has 0 spiro atoms. The molecule has 1 nitrogen and oxygen atoms in total. The van der Waals surface area contributed by atoms with Crippen molar-refractivity contribution in [2.45, 2.75) is 31.3 Å². The van der Waals surface area contributed by atoms with Crippen LogP contribution in [0.3, 0.4) is 0 Å². The maximum absolute atomic E-state index is 13.2. The Balaban J connectivity index is 1.51. The van der Waals surface area contributed by atoms with E-state index in [1.807, 2.05) is 12.1 Å². The van der Waals surface area contributed by atoms with Crippen LogP contribution >= 0.6 is 15.9 Å². The van der Waals surface area contributed by atoms with E-state index in [0.29, 0.717) is 18.5 Å². The van der Waals surface area contributed by atoms with E-state index in [1.165, 1.54) is 23.8 Å². The van der Waals surface area contributed by atoms with Crippen LogP contribution in [0.15, 0.2) is 46.9 Å². The maximum atomic E-state index is 13.2. The molecule has 21 heavy (non-hydrogen) atoms. The van der Waals surface area contributed by atoms with Crippen LogP contribution in [-0.4, -0.2) is 6.04 Å². The fourth-order valence-electron chi connectivity index (χ4n) is 2.72. The van der Waals surface area contributed by atoms with Gasteiger partial charge in [0.1, 0.15) is 11.6 Å². The van der Waals surface area contributed by atoms with Crippen molar-refractivity contribution in [2.24, 2.45) is 0 Å². The van der Waals surface area contributed by atoms with Gasteiger partial charge in [-0.15, -0.1) is 0 Å². The van der Waals surface area contributed by atoms with Gasteiger partial charge in [-0.3, -0.25) is 0 Å². The maximum Gasteiger partial charge on any atom is 0.123 e. The number of nitrogens with one attached hydrogen (secondary N) is 1. The summed E-state index contributed by atoms with van der Waals surface area (Å²) in [6.45, 7) is 0.652. The van der Waals surface area contributed by atoms with E-state index in [1.54, 1.807) is 12.1 Å². The van der Waals surface area contributed by atoms with Gasteiger partial charge in [0, 0.05) is 17.1 Å². The summed E-state index contributed by atoms with van der Waals surface area (Å²) in [6, 6.07) is 11.9. The number of benzene rings is 2. The van der Waals surface area contributed by atoms with Crippen molar-refractivity contribution in [1.29, 1.82) is 0 Å². The van der Waals surface area contributed by atoms with Gasteiger partial charge in [0.25, 0.3) is 0 Å². The minimum Gasteiger partial charge on any atom is -0.310 e. The molecule has 0 bridgehead atoms. The van der Waals surface area contributed by atoms with E-state index in [-0.39, 0.29) is 11.6 Å². The average Bonchev–Trinajstić information content (AvgIpc) is 2.42. The van der Waals surface area contributed by atoms with Crippen molar-refractivity contribution in [3.8, 4) is 0 Å². The van der Waals surface area contributed by atoms with Crippen LogP contribution in [0.25, 0.3) is 0 Å². The van der Waals surface area contributed by atoms with Gasteiger partial charge in [-0.2, -0.15) is 0 Å². The molecule has 4 heteroatoms. The van der Waals surface area contributed by atoms with Gasteiger partial charge in [0.15, 0.2) is 0 Å². The lowest BCUT2D eigenvalue weighted by molar-refractivity contribution is 0.289. The van der Waals surface area contributed by atoms with Crippen LogP contribution in [0.5, 0.6) is 0 Å².